The van der Waals surface area contributed by atoms with Gasteiger partial charge >= 0.3 is 0 Å². The molecule has 0 aliphatic rings. The first-order chi connectivity index (χ1) is 8.47. The molecule has 0 aliphatic carbocycles. The first kappa shape index (κ1) is 12.9. The van der Waals surface area contributed by atoms with Crippen LogP contribution in [0.15, 0.2) is 28.9 Å². The second-order valence-electron chi connectivity index (χ2n) is 3.69. The van der Waals surface area contributed by atoms with Crippen LogP contribution in [0.2, 0.25) is 0 Å². The molecule has 0 amide bonds. The standard InChI is InChI=1S/C12H8BrF3N2/c1-6-2-7(13)5-17-12(6)18-11-4-9(15)8(14)3-10(11)16/h2-5H,1H3,(H,17,18). The van der Waals surface area contributed by atoms with Crippen LogP contribution in [0.5, 0.6) is 0 Å². The summed E-state index contributed by atoms with van der Waals surface area (Å²) in [4.78, 5) is 4.03. The zero-order valence-electron chi connectivity index (χ0n) is 9.27. The van der Waals surface area contributed by atoms with E-state index >= 15 is 0 Å². The fourth-order valence-electron chi connectivity index (χ4n) is 1.42. The predicted molar refractivity (Wildman–Crippen MR) is 66.3 cm³/mol. The van der Waals surface area contributed by atoms with Gasteiger partial charge in [-0.2, -0.15) is 0 Å². The summed E-state index contributed by atoms with van der Waals surface area (Å²) >= 11 is 3.24. The lowest BCUT2D eigenvalue weighted by molar-refractivity contribution is 0.496. The fourth-order valence-corrected chi connectivity index (χ4v) is 1.86. The molecule has 2 rings (SSSR count). The van der Waals surface area contributed by atoms with Gasteiger partial charge in [-0.25, -0.2) is 18.2 Å². The third-order valence-corrected chi connectivity index (χ3v) is 2.74. The lowest BCUT2D eigenvalue weighted by Crippen LogP contribution is -2.00. The normalized spacial score (nSPS) is 10.5. The molecule has 0 radical (unpaired) electrons. The lowest BCUT2D eigenvalue weighted by atomic mass is 10.2. The zero-order valence-corrected chi connectivity index (χ0v) is 10.9. The molecule has 0 atom stereocenters. The van der Waals surface area contributed by atoms with Crippen LogP contribution in [-0.2, 0) is 0 Å². The molecule has 1 N–H and O–H groups in total. The maximum Gasteiger partial charge on any atom is 0.161 e. The first-order valence-corrected chi connectivity index (χ1v) is 5.80. The van der Waals surface area contributed by atoms with Gasteiger partial charge in [-0.15, -0.1) is 0 Å². The average Bonchev–Trinajstić information content (AvgIpc) is 2.29. The third kappa shape index (κ3) is 2.64. The number of hydrogen-bond acceptors (Lipinski definition) is 2. The van der Waals surface area contributed by atoms with Gasteiger partial charge in [0, 0.05) is 22.8 Å². The van der Waals surface area contributed by atoms with Crippen molar-refractivity contribution >= 4 is 27.4 Å². The van der Waals surface area contributed by atoms with Crippen molar-refractivity contribution in [3.05, 3.63) is 51.9 Å². The Labute approximate surface area is 110 Å². The maximum atomic E-state index is 13.4. The summed E-state index contributed by atoms with van der Waals surface area (Å²) < 4.78 is 40.0. The summed E-state index contributed by atoms with van der Waals surface area (Å²) in [6.07, 6.45) is 1.52. The monoisotopic (exact) mass is 316 g/mol. The molecule has 1 heterocycles. The highest BCUT2D eigenvalue weighted by atomic mass is 79.9. The van der Waals surface area contributed by atoms with Crippen molar-refractivity contribution in [3.8, 4) is 0 Å². The molecule has 0 aliphatic heterocycles. The van der Waals surface area contributed by atoms with E-state index in [2.05, 4.69) is 26.2 Å². The minimum atomic E-state index is -1.22. The predicted octanol–water partition coefficient (Wildman–Crippen LogP) is 4.31. The number of rotatable bonds is 2. The molecule has 2 nitrogen and oxygen atoms in total. The third-order valence-electron chi connectivity index (χ3n) is 2.31. The molecule has 1 aromatic carbocycles. The smallest absolute Gasteiger partial charge is 0.161 e. The molecule has 1 aromatic heterocycles. The van der Waals surface area contributed by atoms with Crippen LogP contribution in [0.4, 0.5) is 24.7 Å². The van der Waals surface area contributed by atoms with Gasteiger partial charge in [0.15, 0.2) is 11.6 Å². The molecular weight excluding hydrogens is 309 g/mol. The Bertz CT molecular complexity index is 602. The van der Waals surface area contributed by atoms with E-state index in [9.17, 15) is 13.2 Å². The fraction of sp³-hybridized carbons (Fsp3) is 0.0833. The Morgan fingerprint density at radius 2 is 1.72 bits per heavy atom. The van der Waals surface area contributed by atoms with Crippen LogP contribution in [0, 0.1) is 24.4 Å². The summed E-state index contributed by atoms with van der Waals surface area (Å²) in [5.74, 6) is -2.84. The van der Waals surface area contributed by atoms with E-state index in [-0.39, 0.29) is 5.69 Å². The van der Waals surface area contributed by atoms with E-state index in [0.717, 1.165) is 16.1 Å². The van der Waals surface area contributed by atoms with E-state index in [1.54, 1.807) is 13.0 Å². The van der Waals surface area contributed by atoms with Gasteiger partial charge in [0.2, 0.25) is 0 Å². The maximum absolute atomic E-state index is 13.4. The van der Waals surface area contributed by atoms with Gasteiger partial charge < -0.3 is 5.32 Å². The number of anilines is 2. The van der Waals surface area contributed by atoms with E-state index < -0.39 is 17.5 Å². The molecule has 0 saturated carbocycles. The molecule has 18 heavy (non-hydrogen) atoms. The number of halogens is 4. The molecule has 0 fully saturated rings. The average molecular weight is 317 g/mol. The number of aryl methyl sites for hydroxylation is 1. The lowest BCUT2D eigenvalue weighted by Gasteiger charge is -2.10. The molecule has 0 spiro atoms. The molecule has 6 heteroatoms. The van der Waals surface area contributed by atoms with E-state index in [1.807, 2.05) is 0 Å². The first-order valence-electron chi connectivity index (χ1n) is 5.01. The van der Waals surface area contributed by atoms with Crippen LogP contribution in [-0.4, -0.2) is 4.98 Å². The van der Waals surface area contributed by atoms with Crippen molar-refractivity contribution < 1.29 is 13.2 Å². The number of hydrogen-bond donors (Lipinski definition) is 1. The van der Waals surface area contributed by atoms with Crippen LogP contribution in [0.1, 0.15) is 5.56 Å². The SMILES string of the molecule is Cc1cc(Br)cnc1Nc1cc(F)c(F)cc1F. The summed E-state index contributed by atoms with van der Waals surface area (Å²) in [6.45, 7) is 1.76. The Morgan fingerprint density at radius 1 is 1.06 bits per heavy atom. The van der Waals surface area contributed by atoms with Crippen molar-refractivity contribution in [1.82, 2.24) is 4.98 Å². The molecular formula is C12H8BrF3N2. The Balaban J connectivity index is 2.37. The highest BCUT2D eigenvalue weighted by molar-refractivity contribution is 9.10. The molecule has 0 bridgehead atoms. The number of benzene rings is 1. The van der Waals surface area contributed by atoms with Crippen LogP contribution < -0.4 is 5.32 Å². The number of nitrogens with zero attached hydrogens (tertiary/aromatic N) is 1. The van der Waals surface area contributed by atoms with Gasteiger partial charge in [-0.1, -0.05) is 0 Å². The van der Waals surface area contributed by atoms with Gasteiger partial charge in [0.1, 0.15) is 11.6 Å². The topological polar surface area (TPSA) is 24.9 Å². The van der Waals surface area contributed by atoms with E-state index in [4.69, 9.17) is 0 Å². The quantitative estimate of drug-likeness (QED) is 0.835. The molecule has 0 unspecified atom stereocenters. The minimum Gasteiger partial charge on any atom is -0.338 e. The number of nitrogens with one attached hydrogen (secondary N) is 1. The highest BCUT2D eigenvalue weighted by Crippen LogP contribution is 2.24. The van der Waals surface area contributed by atoms with E-state index in [1.165, 1.54) is 6.20 Å². The Hall–Kier alpha value is -1.56. The zero-order chi connectivity index (χ0) is 13.3. The van der Waals surface area contributed by atoms with Crippen molar-refractivity contribution in [2.24, 2.45) is 0 Å². The highest BCUT2D eigenvalue weighted by Gasteiger charge is 2.11. The second-order valence-corrected chi connectivity index (χ2v) is 4.61. The van der Waals surface area contributed by atoms with E-state index in [0.29, 0.717) is 11.9 Å². The van der Waals surface area contributed by atoms with Crippen molar-refractivity contribution in [1.29, 1.82) is 0 Å². The van der Waals surface area contributed by atoms with Crippen LogP contribution in [0.3, 0.4) is 0 Å². The summed E-state index contributed by atoms with van der Waals surface area (Å²) in [7, 11) is 0. The van der Waals surface area contributed by atoms with Gasteiger partial charge in [0.25, 0.3) is 0 Å². The molecule has 94 valence electrons. The van der Waals surface area contributed by atoms with Crippen molar-refractivity contribution in [2.45, 2.75) is 6.92 Å². The summed E-state index contributed by atoms with van der Waals surface area (Å²) in [5.41, 5.74) is 0.584. The number of pyridine rings is 1. The van der Waals surface area contributed by atoms with Gasteiger partial charge in [-0.05, 0) is 34.5 Å². The Kier molecular flexibility index (Phi) is 3.56. The molecule has 2 aromatic rings. The second kappa shape index (κ2) is 4.97. The molecule has 0 saturated heterocycles. The number of aromatic nitrogens is 1. The Morgan fingerprint density at radius 3 is 2.39 bits per heavy atom. The summed E-state index contributed by atoms with van der Waals surface area (Å²) in [5, 5.41) is 2.62. The van der Waals surface area contributed by atoms with Crippen LogP contribution >= 0.6 is 15.9 Å². The van der Waals surface area contributed by atoms with Crippen molar-refractivity contribution in [3.63, 3.8) is 0 Å². The van der Waals surface area contributed by atoms with Gasteiger partial charge in [-0.3, -0.25) is 0 Å². The minimum absolute atomic E-state index is 0.160. The van der Waals surface area contributed by atoms with Gasteiger partial charge in [0.05, 0.1) is 5.69 Å². The van der Waals surface area contributed by atoms with Crippen LogP contribution in [0.25, 0.3) is 0 Å². The van der Waals surface area contributed by atoms with Crippen molar-refractivity contribution in [2.75, 3.05) is 5.32 Å². The largest absolute Gasteiger partial charge is 0.338 e. The summed E-state index contributed by atoms with van der Waals surface area (Å²) in [6, 6.07) is 3.02.